The number of rotatable bonds is 8. The Morgan fingerprint density at radius 1 is 1.06 bits per heavy atom. The molecule has 0 saturated heterocycles. The average molecular weight is 438 g/mol. The van der Waals surface area contributed by atoms with Crippen LogP contribution >= 0.6 is 0 Å². The number of benzene rings is 2. The molecule has 1 fully saturated rings. The van der Waals surface area contributed by atoms with Crippen LogP contribution in [0.15, 0.2) is 42.5 Å². The summed E-state index contributed by atoms with van der Waals surface area (Å²) in [6.07, 6.45) is 4.40. The fraction of sp³-hybridized carbons (Fsp3) is 0.440. The van der Waals surface area contributed by atoms with Crippen molar-refractivity contribution in [2.75, 3.05) is 38.0 Å². The van der Waals surface area contributed by atoms with Crippen LogP contribution in [0.25, 0.3) is 10.9 Å². The summed E-state index contributed by atoms with van der Waals surface area (Å²) in [5, 5.41) is 8.04. The van der Waals surface area contributed by atoms with Gasteiger partial charge in [-0.2, -0.15) is 4.98 Å². The van der Waals surface area contributed by atoms with Gasteiger partial charge in [0.25, 0.3) is 0 Å². The maximum Gasteiger partial charge on any atom is 0.225 e. The monoisotopic (exact) mass is 437 g/mol. The van der Waals surface area contributed by atoms with Gasteiger partial charge in [0.2, 0.25) is 5.95 Å². The molecule has 2 N–H and O–H groups in total. The van der Waals surface area contributed by atoms with Crippen molar-refractivity contribution in [1.82, 2.24) is 15.3 Å². The zero-order chi connectivity index (χ0) is 22.5. The van der Waals surface area contributed by atoms with Gasteiger partial charge in [-0.3, -0.25) is 0 Å². The fourth-order valence-corrected chi connectivity index (χ4v) is 4.38. The third-order valence-corrected chi connectivity index (χ3v) is 6.19. The van der Waals surface area contributed by atoms with E-state index < -0.39 is 0 Å². The van der Waals surface area contributed by atoms with Crippen molar-refractivity contribution in [3.8, 4) is 5.75 Å². The molecule has 7 heteroatoms. The molecular formula is C25H32FN5O. The molecule has 0 bridgehead atoms. The molecule has 4 rings (SSSR count). The summed E-state index contributed by atoms with van der Waals surface area (Å²) in [4.78, 5) is 11.5. The third kappa shape index (κ3) is 5.27. The number of anilines is 2. The summed E-state index contributed by atoms with van der Waals surface area (Å²) in [5.74, 6) is 2.71. The van der Waals surface area contributed by atoms with Gasteiger partial charge in [-0.1, -0.05) is 12.1 Å². The lowest BCUT2D eigenvalue weighted by atomic mass is 9.86. The van der Waals surface area contributed by atoms with Crippen LogP contribution in [-0.2, 0) is 6.54 Å². The summed E-state index contributed by atoms with van der Waals surface area (Å²) < 4.78 is 19.2. The minimum Gasteiger partial charge on any atom is -0.497 e. The highest BCUT2D eigenvalue weighted by atomic mass is 19.1. The molecule has 3 aromatic rings. The Labute approximate surface area is 189 Å². The number of para-hydroxylation sites is 1. The lowest BCUT2D eigenvalue weighted by Crippen LogP contribution is -2.31. The van der Waals surface area contributed by atoms with Gasteiger partial charge in [-0.25, -0.2) is 9.37 Å². The van der Waals surface area contributed by atoms with E-state index in [1.54, 1.807) is 19.2 Å². The first-order valence-corrected chi connectivity index (χ1v) is 11.3. The Morgan fingerprint density at radius 3 is 2.59 bits per heavy atom. The standard InChI is InChI=1S/C25H32FN5O/c1-31(2)24-21-6-4-5-7-23(21)29-25(30-24)28-19-10-8-17(9-11-19)15-27-16-18-14-20(32-3)12-13-22(18)26/h4-7,12-14,17,19,27H,8-11,15-16H2,1-3H3,(H,28,29,30). The van der Waals surface area contributed by atoms with Crippen LogP contribution in [0.2, 0.25) is 0 Å². The van der Waals surface area contributed by atoms with Crippen molar-refractivity contribution in [3.63, 3.8) is 0 Å². The average Bonchev–Trinajstić information content (AvgIpc) is 2.81. The smallest absolute Gasteiger partial charge is 0.225 e. The Morgan fingerprint density at radius 2 is 1.84 bits per heavy atom. The maximum absolute atomic E-state index is 14.0. The van der Waals surface area contributed by atoms with Gasteiger partial charge in [-0.05, 0) is 68.5 Å². The second-order valence-electron chi connectivity index (χ2n) is 8.73. The van der Waals surface area contributed by atoms with Gasteiger partial charge >= 0.3 is 0 Å². The fourth-order valence-electron chi connectivity index (χ4n) is 4.38. The van der Waals surface area contributed by atoms with E-state index >= 15 is 0 Å². The van der Waals surface area contributed by atoms with Crippen molar-refractivity contribution >= 4 is 22.7 Å². The minimum atomic E-state index is -0.196. The molecule has 0 aliphatic heterocycles. The normalized spacial score (nSPS) is 18.5. The number of nitrogens with zero attached hydrogens (tertiary/aromatic N) is 3. The van der Waals surface area contributed by atoms with Crippen molar-refractivity contribution < 1.29 is 9.13 Å². The molecule has 0 atom stereocenters. The van der Waals surface area contributed by atoms with E-state index in [9.17, 15) is 4.39 Å². The minimum absolute atomic E-state index is 0.196. The van der Waals surface area contributed by atoms with Gasteiger partial charge in [0, 0.05) is 37.6 Å². The largest absolute Gasteiger partial charge is 0.497 e. The van der Waals surface area contributed by atoms with Gasteiger partial charge in [0.05, 0.1) is 12.6 Å². The van der Waals surface area contributed by atoms with E-state index in [0.29, 0.717) is 35.8 Å². The SMILES string of the molecule is COc1ccc(F)c(CNCC2CCC(Nc3nc(N(C)C)c4ccccc4n3)CC2)c1. The van der Waals surface area contributed by atoms with Gasteiger partial charge in [0.15, 0.2) is 0 Å². The number of methoxy groups -OCH3 is 1. The van der Waals surface area contributed by atoms with E-state index in [-0.39, 0.29) is 5.82 Å². The number of nitrogens with one attached hydrogen (secondary N) is 2. The van der Waals surface area contributed by atoms with Gasteiger partial charge < -0.3 is 20.3 Å². The molecule has 0 radical (unpaired) electrons. The Balaban J connectivity index is 1.29. The molecule has 1 heterocycles. The second-order valence-corrected chi connectivity index (χ2v) is 8.73. The van der Waals surface area contributed by atoms with Crippen LogP contribution in [0.5, 0.6) is 5.75 Å². The van der Waals surface area contributed by atoms with Gasteiger partial charge in [0.1, 0.15) is 17.4 Å². The summed E-state index contributed by atoms with van der Waals surface area (Å²) >= 11 is 0. The number of fused-ring (bicyclic) bond motifs is 1. The van der Waals surface area contributed by atoms with Crippen molar-refractivity contribution in [3.05, 3.63) is 53.8 Å². The predicted octanol–water partition coefficient (Wildman–Crippen LogP) is 4.60. The zero-order valence-electron chi connectivity index (χ0n) is 19.1. The number of hydrogen-bond acceptors (Lipinski definition) is 6. The molecule has 6 nitrogen and oxygen atoms in total. The first-order valence-electron chi connectivity index (χ1n) is 11.3. The van der Waals surface area contributed by atoms with Crippen LogP contribution in [0, 0.1) is 11.7 Å². The van der Waals surface area contributed by atoms with Gasteiger partial charge in [-0.15, -0.1) is 0 Å². The molecule has 2 aromatic carbocycles. The molecule has 0 amide bonds. The highest BCUT2D eigenvalue weighted by Gasteiger charge is 2.22. The Kier molecular flexibility index (Phi) is 7.05. The molecule has 32 heavy (non-hydrogen) atoms. The van der Waals surface area contributed by atoms with E-state index in [4.69, 9.17) is 14.7 Å². The molecule has 1 aliphatic rings. The first-order chi connectivity index (χ1) is 15.5. The van der Waals surface area contributed by atoms with Crippen molar-refractivity contribution in [2.45, 2.75) is 38.3 Å². The van der Waals surface area contributed by atoms with E-state index in [1.165, 1.54) is 6.07 Å². The number of halogens is 1. The topological polar surface area (TPSA) is 62.3 Å². The Hall–Kier alpha value is -2.93. The first kappa shape index (κ1) is 22.3. The quantitative estimate of drug-likeness (QED) is 0.537. The second kappa shape index (κ2) is 10.1. The predicted molar refractivity (Wildman–Crippen MR) is 128 cm³/mol. The lowest BCUT2D eigenvalue weighted by molar-refractivity contribution is 0.323. The molecule has 0 unspecified atom stereocenters. The zero-order valence-corrected chi connectivity index (χ0v) is 19.1. The molecule has 0 spiro atoms. The summed E-state index contributed by atoms with van der Waals surface area (Å²) in [6.45, 7) is 1.40. The van der Waals surface area contributed by atoms with E-state index in [2.05, 4.69) is 16.7 Å². The van der Waals surface area contributed by atoms with Crippen LogP contribution in [0.1, 0.15) is 31.2 Å². The Bertz CT molecular complexity index is 1050. The summed E-state index contributed by atoms with van der Waals surface area (Å²) in [6, 6.07) is 13.4. The molecule has 1 aromatic heterocycles. The van der Waals surface area contributed by atoms with Crippen LogP contribution in [0.4, 0.5) is 16.2 Å². The maximum atomic E-state index is 14.0. The third-order valence-electron chi connectivity index (χ3n) is 6.19. The summed E-state index contributed by atoms with van der Waals surface area (Å²) in [7, 11) is 5.61. The molecule has 1 saturated carbocycles. The molecular weight excluding hydrogens is 405 g/mol. The summed E-state index contributed by atoms with van der Waals surface area (Å²) in [5.41, 5.74) is 1.60. The van der Waals surface area contributed by atoms with E-state index in [1.807, 2.05) is 37.2 Å². The lowest BCUT2D eigenvalue weighted by Gasteiger charge is -2.29. The number of aromatic nitrogens is 2. The highest BCUT2D eigenvalue weighted by molar-refractivity contribution is 5.90. The van der Waals surface area contributed by atoms with Crippen molar-refractivity contribution in [2.24, 2.45) is 5.92 Å². The van der Waals surface area contributed by atoms with Crippen LogP contribution in [-0.4, -0.2) is 43.8 Å². The molecule has 170 valence electrons. The highest BCUT2D eigenvalue weighted by Crippen LogP contribution is 2.28. The van der Waals surface area contributed by atoms with Crippen LogP contribution < -0.4 is 20.3 Å². The van der Waals surface area contributed by atoms with Crippen molar-refractivity contribution in [1.29, 1.82) is 0 Å². The molecule has 1 aliphatic carbocycles. The van der Waals surface area contributed by atoms with E-state index in [0.717, 1.165) is 48.9 Å². The van der Waals surface area contributed by atoms with Crippen LogP contribution in [0.3, 0.4) is 0 Å². The number of ether oxygens (including phenoxy) is 1. The number of hydrogen-bond donors (Lipinski definition) is 2.